The molecule has 1 saturated heterocycles. The van der Waals surface area contributed by atoms with Gasteiger partial charge in [0.1, 0.15) is 5.69 Å². The first-order valence-electron chi connectivity index (χ1n) is 11.4. The first kappa shape index (κ1) is 25.3. The number of alkyl halides is 3. The number of carboxylic acid groups (broad SMARTS) is 1. The summed E-state index contributed by atoms with van der Waals surface area (Å²) in [4.78, 5) is 40.6. The van der Waals surface area contributed by atoms with Crippen LogP contribution in [0.1, 0.15) is 36.2 Å². The van der Waals surface area contributed by atoms with Crippen LogP contribution < -0.4 is 0 Å². The molecule has 0 bridgehead atoms. The number of halogens is 3. The normalized spacial score (nSPS) is 15.7. The van der Waals surface area contributed by atoms with E-state index in [1.807, 2.05) is 24.4 Å². The molecule has 2 aliphatic rings. The van der Waals surface area contributed by atoms with E-state index in [1.54, 1.807) is 24.8 Å². The summed E-state index contributed by atoms with van der Waals surface area (Å²) in [5, 5.41) is 8.63. The molecule has 12 heteroatoms. The molecule has 9 nitrogen and oxygen atoms in total. The molecule has 1 saturated carbocycles. The van der Waals surface area contributed by atoms with Crippen molar-refractivity contribution in [3.63, 3.8) is 0 Å². The topological polar surface area (TPSA) is 110 Å². The van der Waals surface area contributed by atoms with Crippen LogP contribution in [0.15, 0.2) is 49.2 Å². The molecular weight excluding hydrogens is 479 g/mol. The number of carbonyl (C=O) groups is 2. The Balaban J connectivity index is 0.000000384. The Labute approximate surface area is 204 Å². The Kier molecular flexibility index (Phi) is 7.63. The molecule has 190 valence electrons. The van der Waals surface area contributed by atoms with Crippen LogP contribution in [0.3, 0.4) is 0 Å². The zero-order valence-electron chi connectivity index (χ0n) is 19.2. The van der Waals surface area contributed by atoms with Gasteiger partial charge >= 0.3 is 12.1 Å². The molecule has 0 atom stereocenters. The molecule has 1 amide bonds. The fourth-order valence-corrected chi connectivity index (χ4v) is 3.58. The van der Waals surface area contributed by atoms with Gasteiger partial charge in [0, 0.05) is 60.8 Å². The highest BCUT2D eigenvalue weighted by atomic mass is 19.4. The van der Waals surface area contributed by atoms with Crippen molar-refractivity contribution in [2.45, 2.75) is 38.4 Å². The zero-order chi connectivity index (χ0) is 25.7. The number of aliphatic carboxylic acids is 1. The Hall–Kier alpha value is -3.80. The highest BCUT2D eigenvalue weighted by Crippen LogP contribution is 2.33. The minimum Gasteiger partial charge on any atom is -0.475 e. The van der Waals surface area contributed by atoms with Crippen LogP contribution in [0.4, 0.5) is 13.2 Å². The van der Waals surface area contributed by atoms with Crippen molar-refractivity contribution in [1.29, 1.82) is 0 Å². The summed E-state index contributed by atoms with van der Waals surface area (Å²) in [6, 6.07) is 5.74. The van der Waals surface area contributed by atoms with Crippen LogP contribution in [0.5, 0.6) is 0 Å². The van der Waals surface area contributed by atoms with Gasteiger partial charge in [0.25, 0.3) is 5.91 Å². The standard InChI is InChI=1S/C22H23N5O2.C2HF3O2/c28-22(27-8-1-2-9-29-27)20-10-18(15-26(20)14-16-5-6-16)19-12-24-21(25-13-19)17-4-3-7-23-11-17;3-2(4,5)1(6)7/h3-4,7,10-13,15-16H,1-2,5-6,8-9,14H2;(H,6,7). The fraction of sp³-hybridized carbons (Fsp3) is 0.375. The first-order valence-corrected chi connectivity index (χ1v) is 11.4. The van der Waals surface area contributed by atoms with E-state index in [0.29, 0.717) is 30.6 Å². The Bertz CT molecular complexity index is 1190. The number of aromatic nitrogens is 4. The number of pyridine rings is 1. The summed E-state index contributed by atoms with van der Waals surface area (Å²) >= 11 is 0. The van der Waals surface area contributed by atoms with Crippen LogP contribution in [-0.2, 0) is 16.2 Å². The van der Waals surface area contributed by atoms with Crippen LogP contribution in [-0.4, -0.2) is 60.9 Å². The van der Waals surface area contributed by atoms with Gasteiger partial charge in [0.2, 0.25) is 0 Å². The van der Waals surface area contributed by atoms with E-state index in [9.17, 15) is 18.0 Å². The lowest BCUT2D eigenvalue weighted by Crippen LogP contribution is -2.36. The van der Waals surface area contributed by atoms with Gasteiger partial charge in [-0.3, -0.25) is 14.6 Å². The number of amides is 1. The fourth-order valence-electron chi connectivity index (χ4n) is 3.58. The third-order valence-electron chi connectivity index (χ3n) is 5.64. The number of carbonyl (C=O) groups excluding carboxylic acids is 1. The molecule has 3 aromatic heterocycles. The van der Waals surface area contributed by atoms with Crippen LogP contribution >= 0.6 is 0 Å². The quantitative estimate of drug-likeness (QED) is 0.555. The molecule has 0 radical (unpaired) electrons. The number of nitrogens with zero attached hydrogens (tertiary/aromatic N) is 5. The minimum atomic E-state index is -5.08. The highest BCUT2D eigenvalue weighted by molar-refractivity contribution is 5.93. The SMILES string of the molecule is O=C(O)C(F)(F)F.O=C(c1cc(-c2cnc(-c3cccnc3)nc2)cn1CC1CC1)N1CCCCO1. The molecule has 1 aliphatic heterocycles. The number of hydrogen-bond donors (Lipinski definition) is 1. The molecule has 1 N–H and O–H groups in total. The number of rotatable bonds is 5. The molecule has 36 heavy (non-hydrogen) atoms. The van der Waals surface area contributed by atoms with Crippen LogP contribution in [0.2, 0.25) is 0 Å². The number of carboxylic acids is 1. The Morgan fingerprint density at radius 1 is 1.08 bits per heavy atom. The van der Waals surface area contributed by atoms with Crippen molar-refractivity contribution >= 4 is 11.9 Å². The molecule has 0 unspecified atom stereocenters. The lowest BCUT2D eigenvalue weighted by molar-refractivity contribution is -0.192. The Morgan fingerprint density at radius 3 is 2.36 bits per heavy atom. The summed E-state index contributed by atoms with van der Waals surface area (Å²) < 4.78 is 33.8. The molecular formula is C24H24F3N5O4. The van der Waals surface area contributed by atoms with Crippen molar-refractivity contribution in [3.8, 4) is 22.5 Å². The second-order valence-corrected chi connectivity index (χ2v) is 8.50. The van der Waals surface area contributed by atoms with Gasteiger partial charge in [-0.25, -0.2) is 19.8 Å². The van der Waals surface area contributed by atoms with Crippen LogP contribution in [0.25, 0.3) is 22.5 Å². The lowest BCUT2D eigenvalue weighted by Gasteiger charge is -2.26. The lowest BCUT2D eigenvalue weighted by atomic mass is 10.1. The predicted molar refractivity (Wildman–Crippen MR) is 121 cm³/mol. The third kappa shape index (κ3) is 6.45. The van der Waals surface area contributed by atoms with Gasteiger partial charge < -0.3 is 9.67 Å². The van der Waals surface area contributed by atoms with E-state index in [-0.39, 0.29) is 5.91 Å². The van der Waals surface area contributed by atoms with Crippen molar-refractivity contribution in [2.24, 2.45) is 5.92 Å². The average Bonchev–Trinajstić information content (AvgIpc) is 3.61. The van der Waals surface area contributed by atoms with Gasteiger partial charge in [-0.05, 0) is 49.8 Å². The van der Waals surface area contributed by atoms with E-state index in [1.165, 1.54) is 17.9 Å². The van der Waals surface area contributed by atoms with E-state index in [0.717, 1.165) is 36.1 Å². The largest absolute Gasteiger partial charge is 0.490 e. The molecule has 3 aromatic rings. The smallest absolute Gasteiger partial charge is 0.475 e. The summed E-state index contributed by atoms with van der Waals surface area (Å²) in [5.41, 5.74) is 3.39. The van der Waals surface area contributed by atoms with E-state index in [4.69, 9.17) is 14.7 Å². The van der Waals surface area contributed by atoms with Crippen molar-refractivity contribution in [1.82, 2.24) is 24.6 Å². The Morgan fingerprint density at radius 2 is 1.81 bits per heavy atom. The second-order valence-electron chi connectivity index (χ2n) is 8.50. The van der Waals surface area contributed by atoms with E-state index >= 15 is 0 Å². The van der Waals surface area contributed by atoms with Gasteiger partial charge in [0.15, 0.2) is 5.82 Å². The van der Waals surface area contributed by atoms with E-state index in [2.05, 4.69) is 19.5 Å². The summed E-state index contributed by atoms with van der Waals surface area (Å²) in [7, 11) is 0. The number of hydroxylamine groups is 2. The van der Waals surface area contributed by atoms with Crippen molar-refractivity contribution in [2.75, 3.05) is 13.2 Å². The van der Waals surface area contributed by atoms with E-state index < -0.39 is 12.1 Å². The maximum absolute atomic E-state index is 13.0. The first-order chi connectivity index (χ1) is 17.2. The highest BCUT2D eigenvalue weighted by Gasteiger charge is 2.38. The van der Waals surface area contributed by atoms with Gasteiger partial charge in [-0.15, -0.1) is 0 Å². The maximum atomic E-state index is 13.0. The van der Waals surface area contributed by atoms with Gasteiger partial charge in [0.05, 0.1) is 6.61 Å². The molecule has 2 fully saturated rings. The third-order valence-corrected chi connectivity index (χ3v) is 5.64. The second kappa shape index (κ2) is 10.9. The monoisotopic (exact) mass is 503 g/mol. The summed E-state index contributed by atoms with van der Waals surface area (Å²) in [6.45, 7) is 2.11. The maximum Gasteiger partial charge on any atom is 0.490 e. The number of hydrogen-bond acceptors (Lipinski definition) is 6. The molecule has 5 rings (SSSR count). The minimum absolute atomic E-state index is 0.0653. The summed E-state index contributed by atoms with van der Waals surface area (Å²) in [6.07, 6.45) is 8.47. The predicted octanol–water partition coefficient (Wildman–Crippen LogP) is 4.22. The zero-order valence-corrected chi connectivity index (χ0v) is 19.2. The van der Waals surface area contributed by atoms with Crippen molar-refractivity contribution in [3.05, 3.63) is 54.9 Å². The molecule has 0 aromatic carbocycles. The average molecular weight is 503 g/mol. The van der Waals surface area contributed by atoms with Crippen LogP contribution in [0, 0.1) is 5.92 Å². The molecule has 4 heterocycles. The molecule has 0 spiro atoms. The summed E-state index contributed by atoms with van der Waals surface area (Å²) in [5.74, 6) is -1.53. The molecule has 1 aliphatic carbocycles. The van der Waals surface area contributed by atoms with Crippen molar-refractivity contribution < 1.29 is 32.7 Å². The van der Waals surface area contributed by atoms with Gasteiger partial charge in [-0.1, -0.05) is 0 Å². The van der Waals surface area contributed by atoms with Gasteiger partial charge in [-0.2, -0.15) is 13.2 Å².